The molecule has 0 aliphatic carbocycles. The third-order valence-corrected chi connectivity index (χ3v) is 3.89. The molecule has 102 valence electrons. The molecule has 0 amide bonds. The zero-order chi connectivity index (χ0) is 13.8. The minimum absolute atomic E-state index is 0.518. The largest absolute Gasteiger partial charge is 0.399 e. The molecular formula is C13H16ClN3OS. The van der Waals surface area contributed by atoms with Gasteiger partial charge in [0.25, 0.3) is 0 Å². The number of nitrogens with two attached hydrogens (primary N) is 1. The van der Waals surface area contributed by atoms with Crippen molar-refractivity contribution in [2.24, 2.45) is 5.92 Å². The average molecular weight is 298 g/mol. The van der Waals surface area contributed by atoms with Crippen LogP contribution >= 0.6 is 23.4 Å². The minimum atomic E-state index is 0.518. The van der Waals surface area contributed by atoms with Crippen molar-refractivity contribution in [3.8, 4) is 0 Å². The summed E-state index contributed by atoms with van der Waals surface area (Å²) in [6, 6.07) is 5.46. The number of nitrogen functional groups attached to an aromatic ring is 1. The Morgan fingerprint density at radius 3 is 2.89 bits per heavy atom. The lowest BCUT2D eigenvalue weighted by Gasteiger charge is -2.02. The smallest absolute Gasteiger partial charge is 0.237 e. The SMILES string of the molecule is CC(C)Cc1noc(CSc2ccc(N)cc2Cl)n1. The van der Waals surface area contributed by atoms with Gasteiger partial charge in [-0.2, -0.15) is 4.98 Å². The Hall–Kier alpha value is -1.20. The van der Waals surface area contributed by atoms with Gasteiger partial charge in [0.1, 0.15) is 0 Å². The van der Waals surface area contributed by atoms with Gasteiger partial charge in [0.15, 0.2) is 5.82 Å². The predicted molar refractivity (Wildman–Crippen MR) is 78.3 cm³/mol. The van der Waals surface area contributed by atoms with Gasteiger partial charge in [-0.3, -0.25) is 0 Å². The maximum absolute atomic E-state index is 6.10. The molecule has 1 aromatic carbocycles. The van der Waals surface area contributed by atoms with Gasteiger partial charge in [-0.25, -0.2) is 0 Å². The molecule has 0 fully saturated rings. The third kappa shape index (κ3) is 4.14. The van der Waals surface area contributed by atoms with Gasteiger partial charge >= 0.3 is 0 Å². The number of hydrogen-bond acceptors (Lipinski definition) is 5. The van der Waals surface area contributed by atoms with Gasteiger partial charge in [0.05, 0.1) is 10.8 Å². The Bertz CT molecular complexity index is 557. The molecule has 0 saturated carbocycles. The van der Waals surface area contributed by atoms with Crippen molar-refractivity contribution in [3.05, 3.63) is 34.9 Å². The van der Waals surface area contributed by atoms with E-state index in [0.29, 0.717) is 28.3 Å². The average Bonchev–Trinajstić information content (AvgIpc) is 2.74. The second-order valence-corrected chi connectivity index (χ2v) is 6.11. The van der Waals surface area contributed by atoms with Crippen LogP contribution in [0, 0.1) is 5.92 Å². The highest BCUT2D eigenvalue weighted by Crippen LogP contribution is 2.30. The lowest BCUT2D eigenvalue weighted by Crippen LogP contribution is -1.96. The van der Waals surface area contributed by atoms with Crippen LogP contribution < -0.4 is 5.73 Å². The van der Waals surface area contributed by atoms with E-state index in [2.05, 4.69) is 24.0 Å². The van der Waals surface area contributed by atoms with E-state index >= 15 is 0 Å². The molecule has 19 heavy (non-hydrogen) atoms. The molecule has 0 aliphatic rings. The van der Waals surface area contributed by atoms with Crippen LogP contribution in [-0.2, 0) is 12.2 Å². The highest BCUT2D eigenvalue weighted by Gasteiger charge is 2.09. The first-order chi connectivity index (χ1) is 9.04. The minimum Gasteiger partial charge on any atom is -0.399 e. The maximum atomic E-state index is 6.10. The van der Waals surface area contributed by atoms with Gasteiger partial charge in [0, 0.05) is 17.0 Å². The van der Waals surface area contributed by atoms with Crippen LogP contribution in [0.1, 0.15) is 25.6 Å². The first kappa shape index (κ1) is 14.2. The monoisotopic (exact) mass is 297 g/mol. The normalized spacial score (nSPS) is 11.2. The molecule has 0 saturated heterocycles. The molecular weight excluding hydrogens is 282 g/mol. The van der Waals surface area contributed by atoms with E-state index in [1.54, 1.807) is 17.8 Å². The number of anilines is 1. The first-order valence-electron chi connectivity index (χ1n) is 6.04. The molecule has 0 radical (unpaired) electrons. The van der Waals surface area contributed by atoms with Crippen molar-refractivity contribution in [2.45, 2.75) is 30.9 Å². The second kappa shape index (κ2) is 6.30. The zero-order valence-electron chi connectivity index (χ0n) is 10.9. The Morgan fingerprint density at radius 1 is 1.42 bits per heavy atom. The number of aromatic nitrogens is 2. The molecule has 0 unspecified atom stereocenters. The van der Waals surface area contributed by atoms with E-state index in [1.807, 2.05) is 12.1 Å². The molecule has 1 heterocycles. The Kier molecular flexibility index (Phi) is 4.71. The molecule has 0 spiro atoms. The van der Waals surface area contributed by atoms with E-state index in [9.17, 15) is 0 Å². The molecule has 0 aliphatic heterocycles. The van der Waals surface area contributed by atoms with Gasteiger partial charge in [-0.15, -0.1) is 11.8 Å². The topological polar surface area (TPSA) is 64.9 Å². The number of hydrogen-bond donors (Lipinski definition) is 1. The summed E-state index contributed by atoms with van der Waals surface area (Å²) in [5.74, 6) is 2.50. The third-order valence-electron chi connectivity index (χ3n) is 2.41. The van der Waals surface area contributed by atoms with Crippen molar-refractivity contribution in [2.75, 3.05) is 5.73 Å². The summed E-state index contributed by atoms with van der Waals surface area (Å²) in [5.41, 5.74) is 6.31. The Morgan fingerprint density at radius 2 is 2.21 bits per heavy atom. The van der Waals surface area contributed by atoms with Gasteiger partial charge < -0.3 is 10.3 Å². The molecule has 2 aromatic rings. The Labute approximate surface area is 121 Å². The molecule has 2 rings (SSSR count). The second-order valence-electron chi connectivity index (χ2n) is 4.68. The molecule has 6 heteroatoms. The molecule has 0 bridgehead atoms. The lowest BCUT2D eigenvalue weighted by molar-refractivity contribution is 0.382. The fourth-order valence-corrected chi connectivity index (χ4v) is 2.68. The molecule has 0 atom stereocenters. The number of nitrogens with zero attached hydrogens (tertiary/aromatic N) is 2. The van der Waals surface area contributed by atoms with Crippen LogP contribution in [0.2, 0.25) is 5.02 Å². The fraction of sp³-hybridized carbons (Fsp3) is 0.385. The predicted octanol–water partition coefficient (Wildman–Crippen LogP) is 3.80. The number of halogens is 1. The summed E-state index contributed by atoms with van der Waals surface area (Å²) in [7, 11) is 0. The lowest BCUT2D eigenvalue weighted by atomic mass is 10.1. The highest BCUT2D eigenvalue weighted by molar-refractivity contribution is 7.98. The number of benzene rings is 1. The van der Waals surface area contributed by atoms with Crippen molar-refractivity contribution in [3.63, 3.8) is 0 Å². The zero-order valence-corrected chi connectivity index (χ0v) is 12.5. The molecule has 2 N–H and O–H groups in total. The number of thioether (sulfide) groups is 1. The number of rotatable bonds is 5. The van der Waals surface area contributed by atoms with Crippen molar-refractivity contribution < 1.29 is 4.52 Å². The van der Waals surface area contributed by atoms with Crippen LogP contribution in [-0.4, -0.2) is 10.1 Å². The summed E-state index contributed by atoms with van der Waals surface area (Å²) in [6.45, 7) is 4.25. The van der Waals surface area contributed by atoms with E-state index in [0.717, 1.165) is 17.1 Å². The van der Waals surface area contributed by atoms with Crippen LogP contribution in [0.5, 0.6) is 0 Å². The van der Waals surface area contributed by atoms with Crippen molar-refractivity contribution in [1.29, 1.82) is 0 Å². The highest BCUT2D eigenvalue weighted by atomic mass is 35.5. The maximum Gasteiger partial charge on any atom is 0.237 e. The Balaban J connectivity index is 1.96. The quantitative estimate of drug-likeness (QED) is 0.672. The van der Waals surface area contributed by atoms with Crippen molar-refractivity contribution >= 4 is 29.1 Å². The first-order valence-corrected chi connectivity index (χ1v) is 7.40. The van der Waals surface area contributed by atoms with Gasteiger partial charge in [0.2, 0.25) is 5.89 Å². The summed E-state index contributed by atoms with van der Waals surface area (Å²) >= 11 is 7.66. The standard InChI is InChI=1S/C13H16ClN3OS/c1-8(2)5-12-16-13(18-17-12)7-19-11-4-3-9(15)6-10(11)14/h3-4,6,8H,5,7,15H2,1-2H3. The van der Waals surface area contributed by atoms with E-state index in [-0.39, 0.29) is 0 Å². The summed E-state index contributed by atoms with van der Waals surface area (Å²) in [5, 5.41) is 4.60. The van der Waals surface area contributed by atoms with Crippen LogP contribution in [0.4, 0.5) is 5.69 Å². The fourth-order valence-electron chi connectivity index (χ4n) is 1.57. The van der Waals surface area contributed by atoms with Gasteiger partial charge in [-0.05, 0) is 24.1 Å². The van der Waals surface area contributed by atoms with E-state index < -0.39 is 0 Å². The molecule has 1 aromatic heterocycles. The van der Waals surface area contributed by atoms with Crippen molar-refractivity contribution in [1.82, 2.24) is 10.1 Å². The summed E-state index contributed by atoms with van der Waals surface area (Å²) in [4.78, 5) is 5.30. The molecule has 4 nitrogen and oxygen atoms in total. The van der Waals surface area contributed by atoms with Crippen LogP contribution in [0.25, 0.3) is 0 Å². The van der Waals surface area contributed by atoms with Crippen LogP contribution in [0.3, 0.4) is 0 Å². The van der Waals surface area contributed by atoms with Crippen LogP contribution in [0.15, 0.2) is 27.6 Å². The van der Waals surface area contributed by atoms with E-state index in [1.165, 1.54) is 0 Å². The van der Waals surface area contributed by atoms with E-state index in [4.69, 9.17) is 21.9 Å². The summed E-state index contributed by atoms with van der Waals surface area (Å²) in [6.07, 6.45) is 0.830. The van der Waals surface area contributed by atoms with Gasteiger partial charge in [-0.1, -0.05) is 30.6 Å². The summed E-state index contributed by atoms with van der Waals surface area (Å²) < 4.78 is 5.20.